The summed E-state index contributed by atoms with van der Waals surface area (Å²) >= 11 is 11.7. The Labute approximate surface area is 131 Å². The summed E-state index contributed by atoms with van der Waals surface area (Å²) in [6.45, 7) is 0.215. The molecule has 0 aliphatic carbocycles. The molecule has 0 saturated carbocycles. The average Bonchev–Trinajstić information content (AvgIpc) is 2.99. The van der Waals surface area contributed by atoms with E-state index in [1.165, 1.54) is 12.3 Å². The molecule has 0 atom stereocenters. The molecule has 106 valence electrons. The first-order chi connectivity index (χ1) is 10.1. The van der Waals surface area contributed by atoms with E-state index in [9.17, 15) is 4.79 Å². The number of nitriles is 1. The van der Waals surface area contributed by atoms with Crippen LogP contribution in [0.5, 0.6) is 0 Å². The Kier molecular flexibility index (Phi) is 5.04. The molecule has 0 aliphatic rings. The van der Waals surface area contributed by atoms with Crippen LogP contribution in [-0.4, -0.2) is 5.91 Å². The van der Waals surface area contributed by atoms with Gasteiger partial charge >= 0.3 is 0 Å². The first-order valence-corrected chi connectivity index (χ1v) is 6.73. The Morgan fingerprint density at radius 3 is 2.76 bits per heavy atom. The Hall–Kier alpha value is -2.22. The van der Waals surface area contributed by atoms with Gasteiger partial charge < -0.3 is 9.73 Å². The predicted octanol–water partition coefficient (Wildman–Crippen LogP) is 3.81. The van der Waals surface area contributed by atoms with E-state index in [2.05, 4.69) is 5.32 Å². The standard InChI is InChI=1S/C15H10Cl2N2O2/c16-13-4-3-10(7-14(13)17)6-11(8-18)15(20)19-9-12-2-1-5-21-12/h1-7H,9H2,(H,19,20)/b11-6+. The van der Waals surface area contributed by atoms with E-state index in [1.807, 2.05) is 6.07 Å². The van der Waals surface area contributed by atoms with Gasteiger partial charge in [0, 0.05) is 0 Å². The monoisotopic (exact) mass is 320 g/mol. The predicted molar refractivity (Wildman–Crippen MR) is 80.6 cm³/mol. The van der Waals surface area contributed by atoms with Crippen LogP contribution in [0.2, 0.25) is 10.0 Å². The van der Waals surface area contributed by atoms with Crippen LogP contribution < -0.4 is 5.32 Å². The molecule has 0 aliphatic heterocycles. The highest BCUT2D eigenvalue weighted by Crippen LogP contribution is 2.23. The molecular weight excluding hydrogens is 311 g/mol. The van der Waals surface area contributed by atoms with Gasteiger partial charge in [0.05, 0.1) is 22.9 Å². The van der Waals surface area contributed by atoms with Gasteiger partial charge in [-0.25, -0.2) is 0 Å². The van der Waals surface area contributed by atoms with E-state index in [4.69, 9.17) is 32.9 Å². The second-order valence-corrected chi connectivity index (χ2v) is 4.92. The molecule has 21 heavy (non-hydrogen) atoms. The zero-order chi connectivity index (χ0) is 15.2. The molecule has 1 aromatic heterocycles. The molecule has 2 rings (SSSR count). The molecule has 0 unspecified atom stereocenters. The molecule has 0 bridgehead atoms. The first kappa shape index (κ1) is 15.2. The van der Waals surface area contributed by atoms with Gasteiger partial charge in [0.25, 0.3) is 5.91 Å². The molecule has 6 heteroatoms. The summed E-state index contributed by atoms with van der Waals surface area (Å²) in [5, 5.41) is 12.4. The normalized spacial score (nSPS) is 11.0. The van der Waals surface area contributed by atoms with Crippen molar-refractivity contribution in [3.8, 4) is 6.07 Å². The van der Waals surface area contributed by atoms with Crippen LogP contribution in [0.15, 0.2) is 46.6 Å². The quantitative estimate of drug-likeness (QED) is 0.688. The highest BCUT2D eigenvalue weighted by atomic mass is 35.5. The molecule has 1 amide bonds. The van der Waals surface area contributed by atoms with Gasteiger partial charge in [0.1, 0.15) is 17.4 Å². The van der Waals surface area contributed by atoms with Crippen molar-refractivity contribution in [3.05, 3.63) is 63.5 Å². The minimum atomic E-state index is -0.486. The maximum Gasteiger partial charge on any atom is 0.262 e. The third-order valence-corrected chi connectivity index (χ3v) is 3.36. The summed E-state index contributed by atoms with van der Waals surface area (Å²) in [6, 6.07) is 10.2. The summed E-state index contributed by atoms with van der Waals surface area (Å²) in [7, 11) is 0. The Bertz CT molecular complexity index is 716. The van der Waals surface area contributed by atoms with Crippen LogP contribution in [0.4, 0.5) is 0 Å². The highest BCUT2D eigenvalue weighted by molar-refractivity contribution is 6.42. The molecular formula is C15H10Cl2N2O2. The van der Waals surface area contributed by atoms with Crippen molar-refractivity contribution < 1.29 is 9.21 Å². The summed E-state index contributed by atoms with van der Waals surface area (Å²) in [6.07, 6.45) is 2.96. The van der Waals surface area contributed by atoms with Gasteiger partial charge in [-0.05, 0) is 35.9 Å². The fourth-order valence-electron chi connectivity index (χ4n) is 1.59. The second kappa shape index (κ2) is 6.98. The largest absolute Gasteiger partial charge is 0.467 e. The number of carbonyl (C=O) groups excluding carboxylic acids is 1. The molecule has 0 fully saturated rings. The SMILES string of the molecule is N#C/C(=C\c1ccc(Cl)c(Cl)c1)C(=O)NCc1ccco1. The second-order valence-electron chi connectivity index (χ2n) is 4.11. The van der Waals surface area contributed by atoms with Crippen LogP contribution >= 0.6 is 23.2 Å². The van der Waals surface area contributed by atoms with Crippen LogP contribution in [0.3, 0.4) is 0 Å². The van der Waals surface area contributed by atoms with Gasteiger partial charge in [0.2, 0.25) is 0 Å². The summed E-state index contributed by atoms with van der Waals surface area (Å²) in [4.78, 5) is 11.9. The van der Waals surface area contributed by atoms with Crippen molar-refractivity contribution in [2.75, 3.05) is 0 Å². The average molecular weight is 321 g/mol. The lowest BCUT2D eigenvalue weighted by Crippen LogP contribution is -2.23. The number of carbonyl (C=O) groups is 1. The van der Waals surface area contributed by atoms with E-state index in [0.717, 1.165) is 0 Å². The number of furan rings is 1. The molecule has 2 aromatic rings. The molecule has 0 saturated heterocycles. The molecule has 1 heterocycles. The van der Waals surface area contributed by atoms with Crippen LogP contribution in [0.25, 0.3) is 6.08 Å². The Morgan fingerprint density at radius 2 is 2.14 bits per heavy atom. The molecule has 1 N–H and O–H groups in total. The maximum absolute atomic E-state index is 11.9. The van der Waals surface area contributed by atoms with Crippen molar-refractivity contribution in [1.82, 2.24) is 5.32 Å². The molecule has 4 nitrogen and oxygen atoms in total. The zero-order valence-electron chi connectivity index (χ0n) is 10.8. The van der Waals surface area contributed by atoms with Crippen LogP contribution in [-0.2, 0) is 11.3 Å². The third-order valence-electron chi connectivity index (χ3n) is 2.62. The number of amides is 1. The van der Waals surface area contributed by atoms with Gasteiger partial charge in [-0.1, -0.05) is 29.3 Å². The summed E-state index contributed by atoms with van der Waals surface area (Å²) in [5.41, 5.74) is 0.592. The zero-order valence-corrected chi connectivity index (χ0v) is 12.3. The molecule has 0 radical (unpaired) electrons. The van der Waals surface area contributed by atoms with Crippen molar-refractivity contribution in [3.63, 3.8) is 0 Å². The summed E-state index contributed by atoms with van der Waals surface area (Å²) < 4.78 is 5.10. The lowest BCUT2D eigenvalue weighted by Gasteiger charge is -2.03. The number of nitrogens with one attached hydrogen (secondary N) is 1. The van der Waals surface area contributed by atoms with Crippen molar-refractivity contribution in [2.45, 2.75) is 6.54 Å². The molecule has 0 spiro atoms. The fourth-order valence-corrected chi connectivity index (χ4v) is 1.90. The van der Waals surface area contributed by atoms with E-state index in [0.29, 0.717) is 21.4 Å². The van der Waals surface area contributed by atoms with E-state index in [1.54, 1.807) is 30.3 Å². The van der Waals surface area contributed by atoms with Crippen molar-refractivity contribution in [2.24, 2.45) is 0 Å². The van der Waals surface area contributed by atoms with E-state index >= 15 is 0 Å². The maximum atomic E-state index is 11.9. The van der Waals surface area contributed by atoms with E-state index in [-0.39, 0.29) is 12.1 Å². The van der Waals surface area contributed by atoms with Crippen LogP contribution in [0, 0.1) is 11.3 Å². The number of hydrogen-bond acceptors (Lipinski definition) is 3. The number of halogens is 2. The van der Waals surface area contributed by atoms with Crippen molar-refractivity contribution in [1.29, 1.82) is 5.26 Å². The summed E-state index contributed by atoms with van der Waals surface area (Å²) in [5.74, 6) is 0.121. The Balaban J connectivity index is 2.10. The molecule has 1 aromatic carbocycles. The number of rotatable bonds is 4. The number of benzene rings is 1. The minimum Gasteiger partial charge on any atom is -0.467 e. The minimum absolute atomic E-state index is 0.0278. The van der Waals surface area contributed by atoms with E-state index < -0.39 is 5.91 Å². The fraction of sp³-hybridized carbons (Fsp3) is 0.0667. The number of nitrogens with zero attached hydrogens (tertiary/aromatic N) is 1. The van der Waals surface area contributed by atoms with Gasteiger partial charge in [-0.3, -0.25) is 4.79 Å². The Morgan fingerprint density at radius 1 is 1.33 bits per heavy atom. The number of hydrogen-bond donors (Lipinski definition) is 1. The van der Waals surface area contributed by atoms with Gasteiger partial charge in [0.15, 0.2) is 0 Å². The van der Waals surface area contributed by atoms with Gasteiger partial charge in [-0.15, -0.1) is 0 Å². The lowest BCUT2D eigenvalue weighted by atomic mass is 10.1. The lowest BCUT2D eigenvalue weighted by molar-refractivity contribution is -0.117. The third kappa shape index (κ3) is 4.12. The topological polar surface area (TPSA) is 66.0 Å². The first-order valence-electron chi connectivity index (χ1n) is 5.97. The van der Waals surface area contributed by atoms with Crippen LogP contribution in [0.1, 0.15) is 11.3 Å². The highest BCUT2D eigenvalue weighted by Gasteiger charge is 2.10. The van der Waals surface area contributed by atoms with Crippen molar-refractivity contribution >= 4 is 35.2 Å². The smallest absolute Gasteiger partial charge is 0.262 e. The van der Waals surface area contributed by atoms with Gasteiger partial charge in [-0.2, -0.15) is 5.26 Å².